The molecule has 0 amide bonds. The molecule has 2 aromatic rings. The van der Waals surface area contributed by atoms with E-state index in [2.05, 4.69) is 5.32 Å². The third-order valence-corrected chi connectivity index (χ3v) is 3.33. The molecule has 20 heavy (non-hydrogen) atoms. The van der Waals surface area contributed by atoms with Gasteiger partial charge in [-0.2, -0.15) is 5.26 Å². The van der Waals surface area contributed by atoms with E-state index in [9.17, 15) is 4.39 Å². The topological polar surface area (TPSA) is 87.9 Å². The van der Waals surface area contributed by atoms with Crippen molar-refractivity contribution in [3.8, 4) is 6.07 Å². The van der Waals surface area contributed by atoms with Crippen LogP contribution in [0.25, 0.3) is 0 Å². The number of nitrogens with two attached hydrogens (primary N) is 2. The molecular weight excluding hydrogens is 302 g/mol. The number of hydrogen-bond acceptors (Lipinski definition) is 4. The lowest BCUT2D eigenvalue weighted by Gasteiger charge is -2.14. The van der Waals surface area contributed by atoms with Crippen LogP contribution < -0.4 is 16.8 Å². The van der Waals surface area contributed by atoms with Gasteiger partial charge in [-0.05, 0) is 24.3 Å². The van der Waals surface area contributed by atoms with Gasteiger partial charge in [0.2, 0.25) is 0 Å². The number of halogens is 3. The zero-order valence-corrected chi connectivity index (χ0v) is 11.6. The summed E-state index contributed by atoms with van der Waals surface area (Å²) < 4.78 is 14.1. The van der Waals surface area contributed by atoms with Gasteiger partial charge in [0.1, 0.15) is 5.02 Å². The second-order valence-corrected chi connectivity index (χ2v) is 4.77. The summed E-state index contributed by atoms with van der Waals surface area (Å²) in [4.78, 5) is 0. The van der Waals surface area contributed by atoms with E-state index in [0.29, 0.717) is 16.3 Å². The van der Waals surface area contributed by atoms with Gasteiger partial charge < -0.3 is 16.8 Å². The van der Waals surface area contributed by atoms with Crippen LogP contribution in [0.3, 0.4) is 0 Å². The number of nitriles is 1. The molecule has 7 heteroatoms. The minimum Gasteiger partial charge on any atom is -0.397 e. The quantitative estimate of drug-likeness (QED) is 0.734. The van der Waals surface area contributed by atoms with E-state index in [4.69, 9.17) is 39.9 Å². The van der Waals surface area contributed by atoms with Crippen LogP contribution >= 0.6 is 23.2 Å². The molecule has 2 rings (SSSR count). The van der Waals surface area contributed by atoms with E-state index in [-0.39, 0.29) is 22.1 Å². The minimum absolute atomic E-state index is 0.0406. The van der Waals surface area contributed by atoms with Crippen molar-refractivity contribution in [2.75, 3.05) is 16.8 Å². The summed E-state index contributed by atoms with van der Waals surface area (Å²) >= 11 is 11.7. The highest BCUT2D eigenvalue weighted by atomic mass is 35.5. The van der Waals surface area contributed by atoms with Gasteiger partial charge in [0, 0.05) is 0 Å². The Hall–Kier alpha value is -2.16. The highest BCUT2D eigenvalue weighted by Gasteiger charge is 2.15. The fourth-order valence-electron chi connectivity index (χ4n) is 1.62. The van der Waals surface area contributed by atoms with Crippen LogP contribution in [0.15, 0.2) is 24.3 Å². The molecule has 0 spiro atoms. The highest BCUT2D eigenvalue weighted by Crippen LogP contribution is 2.37. The molecule has 0 fully saturated rings. The number of anilines is 4. The van der Waals surface area contributed by atoms with Gasteiger partial charge in [0.25, 0.3) is 0 Å². The summed E-state index contributed by atoms with van der Waals surface area (Å²) in [6, 6.07) is 7.85. The van der Waals surface area contributed by atoms with Crippen LogP contribution in [0.5, 0.6) is 0 Å². The van der Waals surface area contributed by atoms with Gasteiger partial charge >= 0.3 is 0 Å². The Labute approximate surface area is 124 Å². The maximum absolute atomic E-state index is 14.1. The monoisotopic (exact) mass is 310 g/mol. The van der Waals surface area contributed by atoms with Crippen molar-refractivity contribution in [3.05, 3.63) is 45.7 Å². The number of nitrogen functional groups attached to an aromatic ring is 2. The van der Waals surface area contributed by atoms with Crippen molar-refractivity contribution < 1.29 is 4.39 Å². The SMILES string of the molecule is N#Cc1ccc(Cl)c(Nc2c(N)cc(N)c(Cl)c2F)c1. The zero-order valence-electron chi connectivity index (χ0n) is 10.0. The Kier molecular flexibility index (Phi) is 3.89. The van der Waals surface area contributed by atoms with Crippen LogP contribution in [-0.2, 0) is 0 Å². The molecule has 4 nitrogen and oxygen atoms in total. The molecule has 0 unspecified atom stereocenters. The fraction of sp³-hybridized carbons (Fsp3) is 0. The van der Waals surface area contributed by atoms with Gasteiger partial charge in [-0.15, -0.1) is 0 Å². The zero-order chi connectivity index (χ0) is 14.9. The molecule has 5 N–H and O–H groups in total. The van der Waals surface area contributed by atoms with E-state index in [1.54, 1.807) is 6.07 Å². The van der Waals surface area contributed by atoms with E-state index < -0.39 is 5.82 Å². The molecule has 102 valence electrons. The average molecular weight is 311 g/mol. The number of nitrogens with zero attached hydrogens (tertiary/aromatic N) is 1. The highest BCUT2D eigenvalue weighted by molar-refractivity contribution is 6.34. The first-order valence-electron chi connectivity index (χ1n) is 5.43. The molecule has 0 bridgehead atoms. The molecular formula is C13H9Cl2FN4. The summed E-state index contributed by atoms with van der Waals surface area (Å²) in [7, 11) is 0. The second kappa shape index (κ2) is 5.45. The second-order valence-electron chi connectivity index (χ2n) is 3.99. The Bertz CT molecular complexity index is 725. The van der Waals surface area contributed by atoms with Crippen molar-refractivity contribution in [2.45, 2.75) is 0 Å². The molecule has 0 aliphatic heterocycles. The van der Waals surface area contributed by atoms with Gasteiger partial charge in [-0.25, -0.2) is 4.39 Å². The Morgan fingerprint density at radius 2 is 1.85 bits per heavy atom. The van der Waals surface area contributed by atoms with Crippen molar-refractivity contribution in [1.29, 1.82) is 5.26 Å². The number of hydrogen-bond donors (Lipinski definition) is 3. The first kappa shape index (κ1) is 14.3. The van der Waals surface area contributed by atoms with Crippen LogP contribution in [0.1, 0.15) is 5.56 Å². The third-order valence-electron chi connectivity index (χ3n) is 2.62. The standard InChI is InChI=1S/C13H9Cl2FN4/c14-7-2-1-6(5-17)3-10(7)20-13-9(19)4-8(18)11(15)12(13)16/h1-4,20H,18-19H2. The lowest BCUT2D eigenvalue weighted by atomic mass is 10.2. The first-order valence-corrected chi connectivity index (χ1v) is 6.19. The van der Waals surface area contributed by atoms with E-state index in [1.807, 2.05) is 6.07 Å². The van der Waals surface area contributed by atoms with Crippen molar-refractivity contribution in [3.63, 3.8) is 0 Å². The predicted molar refractivity (Wildman–Crippen MR) is 79.7 cm³/mol. The molecule has 0 heterocycles. The largest absolute Gasteiger partial charge is 0.397 e. The van der Waals surface area contributed by atoms with Crippen LogP contribution in [-0.4, -0.2) is 0 Å². The maximum Gasteiger partial charge on any atom is 0.169 e. The molecule has 0 atom stereocenters. The van der Waals surface area contributed by atoms with Gasteiger partial charge in [0.05, 0.1) is 39.4 Å². The average Bonchev–Trinajstić information content (AvgIpc) is 2.43. The van der Waals surface area contributed by atoms with Gasteiger partial charge in [0.15, 0.2) is 5.82 Å². The van der Waals surface area contributed by atoms with Crippen molar-refractivity contribution in [1.82, 2.24) is 0 Å². The van der Waals surface area contributed by atoms with E-state index >= 15 is 0 Å². The van der Waals surface area contributed by atoms with Gasteiger partial charge in [-0.1, -0.05) is 23.2 Å². The fourth-order valence-corrected chi connectivity index (χ4v) is 1.93. The Morgan fingerprint density at radius 3 is 2.50 bits per heavy atom. The summed E-state index contributed by atoms with van der Waals surface area (Å²) in [5, 5.41) is 11.7. The van der Waals surface area contributed by atoms with Gasteiger partial charge in [-0.3, -0.25) is 0 Å². The molecule has 2 aromatic carbocycles. The molecule has 0 saturated heterocycles. The molecule has 0 saturated carbocycles. The number of rotatable bonds is 2. The summed E-state index contributed by atoms with van der Waals surface area (Å²) in [5.41, 5.74) is 12.0. The van der Waals surface area contributed by atoms with Crippen molar-refractivity contribution in [2.24, 2.45) is 0 Å². The number of nitrogens with one attached hydrogen (secondary N) is 1. The molecule has 0 aliphatic rings. The van der Waals surface area contributed by atoms with Crippen molar-refractivity contribution >= 4 is 46.0 Å². The maximum atomic E-state index is 14.1. The van der Waals surface area contributed by atoms with Crippen LogP contribution in [0.4, 0.5) is 27.1 Å². The lowest BCUT2D eigenvalue weighted by Crippen LogP contribution is -2.03. The predicted octanol–water partition coefficient (Wildman–Crippen LogP) is 3.91. The lowest BCUT2D eigenvalue weighted by molar-refractivity contribution is 0.633. The Morgan fingerprint density at radius 1 is 1.15 bits per heavy atom. The Balaban J connectivity index is 2.51. The first-order chi connectivity index (χ1) is 9.43. The molecule has 0 radical (unpaired) electrons. The smallest absolute Gasteiger partial charge is 0.169 e. The summed E-state index contributed by atoms with van der Waals surface area (Å²) in [6.45, 7) is 0. The minimum atomic E-state index is -0.775. The summed E-state index contributed by atoms with van der Waals surface area (Å²) in [5.74, 6) is -0.775. The van der Waals surface area contributed by atoms with E-state index in [1.165, 1.54) is 18.2 Å². The van der Waals surface area contributed by atoms with E-state index in [0.717, 1.165) is 0 Å². The van der Waals surface area contributed by atoms with Crippen LogP contribution in [0, 0.1) is 17.1 Å². The molecule has 0 aromatic heterocycles. The normalized spacial score (nSPS) is 10.1. The number of benzene rings is 2. The summed E-state index contributed by atoms with van der Waals surface area (Å²) in [6.07, 6.45) is 0. The third kappa shape index (κ3) is 2.57. The molecule has 0 aliphatic carbocycles. The van der Waals surface area contributed by atoms with Crippen LogP contribution in [0.2, 0.25) is 10.0 Å².